The summed E-state index contributed by atoms with van der Waals surface area (Å²) in [5, 5.41) is 15.9. The van der Waals surface area contributed by atoms with Gasteiger partial charge in [-0.1, -0.05) is 6.92 Å². The molecule has 1 atom stereocenters. The standard InChI is InChI=1S/C19H21N3O4S/c1-3-12-20-19(24)14-4-6-15(7-5-14)21-18(23)13(2)27-17-10-8-16(9-11-17)22(25)26/h4-11,13H,3,12H2,1-2H3,(H,20,24)(H,21,23). The molecule has 1 unspecified atom stereocenters. The summed E-state index contributed by atoms with van der Waals surface area (Å²) in [7, 11) is 0. The number of nitrogens with zero attached hydrogens (tertiary/aromatic N) is 1. The van der Waals surface area contributed by atoms with Crippen molar-refractivity contribution in [1.82, 2.24) is 5.32 Å². The van der Waals surface area contributed by atoms with E-state index in [1.807, 2.05) is 6.92 Å². The molecule has 0 heterocycles. The van der Waals surface area contributed by atoms with Crippen LogP contribution in [0.15, 0.2) is 53.4 Å². The van der Waals surface area contributed by atoms with E-state index in [4.69, 9.17) is 0 Å². The van der Waals surface area contributed by atoms with Crippen LogP contribution in [0.5, 0.6) is 0 Å². The predicted octanol–water partition coefficient (Wildman–Crippen LogP) is 3.85. The Morgan fingerprint density at radius 3 is 2.30 bits per heavy atom. The summed E-state index contributed by atoms with van der Waals surface area (Å²) in [6.45, 7) is 4.36. The van der Waals surface area contributed by atoms with Crippen molar-refractivity contribution in [3.63, 3.8) is 0 Å². The molecule has 0 aliphatic heterocycles. The fourth-order valence-electron chi connectivity index (χ4n) is 2.19. The van der Waals surface area contributed by atoms with Gasteiger partial charge in [-0.15, -0.1) is 11.8 Å². The van der Waals surface area contributed by atoms with Gasteiger partial charge in [0.1, 0.15) is 0 Å². The molecule has 2 aromatic carbocycles. The lowest BCUT2D eigenvalue weighted by atomic mass is 10.2. The molecule has 0 spiro atoms. The lowest BCUT2D eigenvalue weighted by molar-refractivity contribution is -0.384. The highest BCUT2D eigenvalue weighted by Crippen LogP contribution is 2.26. The molecular weight excluding hydrogens is 366 g/mol. The lowest BCUT2D eigenvalue weighted by Gasteiger charge is -2.12. The van der Waals surface area contributed by atoms with Crippen LogP contribution >= 0.6 is 11.8 Å². The van der Waals surface area contributed by atoms with Gasteiger partial charge in [0.15, 0.2) is 0 Å². The van der Waals surface area contributed by atoms with Crippen LogP contribution in [0.4, 0.5) is 11.4 Å². The fraction of sp³-hybridized carbons (Fsp3) is 0.263. The quantitative estimate of drug-likeness (QED) is 0.407. The van der Waals surface area contributed by atoms with Crippen LogP contribution in [-0.2, 0) is 4.79 Å². The fourth-order valence-corrected chi connectivity index (χ4v) is 3.06. The molecular formula is C19H21N3O4S. The van der Waals surface area contributed by atoms with E-state index in [1.165, 1.54) is 23.9 Å². The number of carbonyl (C=O) groups is 2. The van der Waals surface area contributed by atoms with E-state index in [2.05, 4.69) is 10.6 Å². The zero-order valence-corrected chi connectivity index (χ0v) is 15.9. The van der Waals surface area contributed by atoms with Gasteiger partial charge in [-0.05, 0) is 49.7 Å². The van der Waals surface area contributed by atoms with Crippen molar-refractivity contribution in [3.8, 4) is 0 Å². The Kier molecular flexibility index (Phi) is 7.36. The van der Waals surface area contributed by atoms with Gasteiger partial charge in [-0.3, -0.25) is 19.7 Å². The SMILES string of the molecule is CCCNC(=O)c1ccc(NC(=O)C(C)Sc2ccc([N+](=O)[O-])cc2)cc1. The number of hydrogen-bond donors (Lipinski definition) is 2. The first-order valence-corrected chi connectivity index (χ1v) is 9.39. The number of nitrogens with one attached hydrogen (secondary N) is 2. The molecule has 2 rings (SSSR count). The third-order valence-corrected chi connectivity index (χ3v) is 4.79. The molecule has 2 N–H and O–H groups in total. The van der Waals surface area contributed by atoms with E-state index >= 15 is 0 Å². The maximum atomic E-state index is 12.3. The topological polar surface area (TPSA) is 101 Å². The van der Waals surface area contributed by atoms with Gasteiger partial charge < -0.3 is 10.6 Å². The average Bonchev–Trinajstić information content (AvgIpc) is 2.67. The smallest absolute Gasteiger partial charge is 0.269 e. The molecule has 0 fully saturated rings. The number of carbonyl (C=O) groups excluding carboxylic acids is 2. The monoisotopic (exact) mass is 387 g/mol. The van der Waals surface area contributed by atoms with Crippen LogP contribution in [0.2, 0.25) is 0 Å². The Bertz CT molecular complexity index is 807. The summed E-state index contributed by atoms with van der Waals surface area (Å²) >= 11 is 1.31. The van der Waals surface area contributed by atoms with Gasteiger partial charge in [0, 0.05) is 34.8 Å². The number of anilines is 1. The molecule has 0 saturated carbocycles. The highest BCUT2D eigenvalue weighted by molar-refractivity contribution is 8.00. The van der Waals surface area contributed by atoms with E-state index in [9.17, 15) is 19.7 Å². The average molecular weight is 387 g/mol. The molecule has 7 nitrogen and oxygen atoms in total. The maximum Gasteiger partial charge on any atom is 0.269 e. The van der Waals surface area contributed by atoms with Crippen LogP contribution in [-0.4, -0.2) is 28.5 Å². The molecule has 0 bridgehead atoms. The number of hydrogen-bond acceptors (Lipinski definition) is 5. The van der Waals surface area contributed by atoms with Gasteiger partial charge in [0.05, 0.1) is 10.2 Å². The molecule has 0 radical (unpaired) electrons. The molecule has 8 heteroatoms. The van der Waals surface area contributed by atoms with Gasteiger partial charge in [0.25, 0.3) is 11.6 Å². The first kappa shape index (κ1) is 20.4. The minimum atomic E-state index is -0.462. The van der Waals surface area contributed by atoms with Crippen LogP contribution in [0.3, 0.4) is 0 Å². The summed E-state index contributed by atoms with van der Waals surface area (Å²) in [5.74, 6) is -0.335. The van der Waals surface area contributed by atoms with E-state index < -0.39 is 4.92 Å². The second-order valence-corrected chi connectivity index (χ2v) is 7.25. The van der Waals surface area contributed by atoms with Crippen LogP contribution in [0.1, 0.15) is 30.6 Å². The first-order chi connectivity index (χ1) is 12.9. The van der Waals surface area contributed by atoms with Crippen molar-refractivity contribution in [2.75, 3.05) is 11.9 Å². The maximum absolute atomic E-state index is 12.3. The minimum Gasteiger partial charge on any atom is -0.352 e. The molecule has 0 aliphatic carbocycles. The number of nitro benzene ring substituents is 1. The van der Waals surface area contributed by atoms with Crippen LogP contribution in [0, 0.1) is 10.1 Å². The van der Waals surface area contributed by atoms with Crippen molar-refractivity contribution < 1.29 is 14.5 Å². The molecule has 2 amide bonds. The van der Waals surface area contributed by atoms with Crippen molar-refractivity contribution in [1.29, 1.82) is 0 Å². The normalized spacial score (nSPS) is 11.5. The molecule has 27 heavy (non-hydrogen) atoms. The molecule has 142 valence electrons. The second kappa shape index (κ2) is 9.72. The zero-order chi connectivity index (χ0) is 19.8. The Morgan fingerprint density at radius 1 is 1.11 bits per heavy atom. The first-order valence-electron chi connectivity index (χ1n) is 8.51. The Labute approximate surface area is 161 Å². The predicted molar refractivity (Wildman–Crippen MR) is 106 cm³/mol. The van der Waals surface area contributed by atoms with Crippen molar-refractivity contribution in [2.24, 2.45) is 0 Å². The number of non-ortho nitro benzene ring substituents is 1. The zero-order valence-electron chi connectivity index (χ0n) is 15.1. The summed E-state index contributed by atoms with van der Waals surface area (Å²) < 4.78 is 0. The Morgan fingerprint density at radius 2 is 1.74 bits per heavy atom. The third kappa shape index (κ3) is 6.10. The summed E-state index contributed by atoms with van der Waals surface area (Å²) in [4.78, 5) is 35.2. The van der Waals surface area contributed by atoms with Gasteiger partial charge in [0.2, 0.25) is 5.91 Å². The van der Waals surface area contributed by atoms with Crippen molar-refractivity contribution in [2.45, 2.75) is 30.4 Å². The van der Waals surface area contributed by atoms with Crippen LogP contribution in [0.25, 0.3) is 0 Å². The summed E-state index contributed by atoms with van der Waals surface area (Å²) in [5.41, 5.74) is 1.15. The number of thioether (sulfide) groups is 1. The summed E-state index contributed by atoms with van der Waals surface area (Å²) in [6, 6.07) is 12.8. The largest absolute Gasteiger partial charge is 0.352 e. The van der Waals surface area contributed by atoms with Crippen molar-refractivity contribution in [3.05, 3.63) is 64.2 Å². The van der Waals surface area contributed by atoms with Gasteiger partial charge in [-0.25, -0.2) is 0 Å². The van der Waals surface area contributed by atoms with Crippen molar-refractivity contribution >= 4 is 35.0 Å². The van der Waals surface area contributed by atoms with E-state index in [-0.39, 0.29) is 22.8 Å². The third-order valence-electron chi connectivity index (χ3n) is 3.68. The van der Waals surface area contributed by atoms with Gasteiger partial charge in [-0.2, -0.15) is 0 Å². The Hall–Kier alpha value is -2.87. The van der Waals surface area contributed by atoms with E-state index in [0.717, 1.165) is 11.3 Å². The number of amides is 2. The molecule has 0 saturated heterocycles. The molecule has 0 aliphatic rings. The minimum absolute atomic E-state index is 0.0134. The lowest BCUT2D eigenvalue weighted by Crippen LogP contribution is -2.24. The van der Waals surface area contributed by atoms with E-state index in [1.54, 1.807) is 43.3 Å². The Balaban J connectivity index is 1.91. The van der Waals surface area contributed by atoms with E-state index in [0.29, 0.717) is 17.8 Å². The number of nitro groups is 1. The molecule has 0 aromatic heterocycles. The molecule has 2 aromatic rings. The number of rotatable bonds is 8. The summed E-state index contributed by atoms with van der Waals surface area (Å²) in [6.07, 6.45) is 0.865. The van der Waals surface area contributed by atoms with Crippen LogP contribution < -0.4 is 10.6 Å². The second-order valence-electron chi connectivity index (χ2n) is 5.83. The van der Waals surface area contributed by atoms with Gasteiger partial charge >= 0.3 is 0 Å². The highest BCUT2D eigenvalue weighted by Gasteiger charge is 2.15. The number of benzene rings is 2. The highest BCUT2D eigenvalue weighted by atomic mass is 32.2.